The van der Waals surface area contributed by atoms with Gasteiger partial charge in [-0.1, -0.05) is 0 Å². The molecule has 0 unspecified atom stereocenters. The SMILES string of the molecule is COc1cc(Nc2nccnc2-c2nc(Nc3ccc4c(c3)OCO4)n[nH]2)cc(OC)c1. The minimum absolute atomic E-state index is 0.213. The maximum atomic E-state index is 5.40. The van der Waals surface area contributed by atoms with E-state index in [1.165, 1.54) is 0 Å². The fourth-order valence-electron chi connectivity index (χ4n) is 3.15. The van der Waals surface area contributed by atoms with E-state index in [1.54, 1.807) is 32.7 Å². The number of hydrogen-bond acceptors (Lipinski definition) is 10. The van der Waals surface area contributed by atoms with Gasteiger partial charge in [0.1, 0.15) is 17.2 Å². The molecular weight excluding hydrogens is 414 g/mol. The van der Waals surface area contributed by atoms with Crippen molar-refractivity contribution in [2.24, 2.45) is 0 Å². The van der Waals surface area contributed by atoms with Crippen LogP contribution < -0.4 is 29.6 Å². The smallest absolute Gasteiger partial charge is 0.246 e. The highest BCUT2D eigenvalue weighted by Gasteiger charge is 2.16. The number of methoxy groups -OCH3 is 2. The van der Waals surface area contributed by atoms with E-state index in [0.717, 1.165) is 11.4 Å². The normalized spacial score (nSPS) is 11.8. The Morgan fingerprint density at radius 2 is 1.66 bits per heavy atom. The summed E-state index contributed by atoms with van der Waals surface area (Å²) >= 11 is 0. The van der Waals surface area contributed by atoms with Crippen LogP contribution in [0.5, 0.6) is 23.0 Å². The van der Waals surface area contributed by atoms with Crippen LogP contribution in [0, 0.1) is 0 Å². The second kappa shape index (κ2) is 8.30. The van der Waals surface area contributed by atoms with Gasteiger partial charge in [0.25, 0.3) is 0 Å². The van der Waals surface area contributed by atoms with E-state index in [0.29, 0.717) is 46.3 Å². The molecule has 11 heteroatoms. The summed E-state index contributed by atoms with van der Waals surface area (Å²) in [5, 5.41) is 13.5. The lowest BCUT2D eigenvalue weighted by molar-refractivity contribution is 0.174. The molecule has 2 aromatic carbocycles. The largest absolute Gasteiger partial charge is 0.497 e. The molecule has 11 nitrogen and oxygen atoms in total. The average Bonchev–Trinajstić information content (AvgIpc) is 3.48. The summed E-state index contributed by atoms with van der Waals surface area (Å²) in [7, 11) is 3.19. The summed E-state index contributed by atoms with van der Waals surface area (Å²) in [6.45, 7) is 0.213. The molecule has 5 rings (SSSR count). The Morgan fingerprint density at radius 3 is 2.47 bits per heavy atom. The number of nitrogens with zero attached hydrogens (tertiary/aromatic N) is 4. The van der Waals surface area contributed by atoms with Gasteiger partial charge in [-0.2, -0.15) is 4.98 Å². The monoisotopic (exact) mass is 433 g/mol. The van der Waals surface area contributed by atoms with E-state index >= 15 is 0 Å². The summed E-state index contributed by atoms with van der Waals surface area (Å²) in [5.74, 6) is 3.97. The molecule has 3 N–H and O–H groups in total. The van der Waals surface area contributed by atoms with Crippen molar-refractivity contribution in [3.63, 3.8) is 0 Å². The van der Waals surface area contributed by atoms with Crippen molar-refractivity contribution in [3.05, 3.63) is 48.8 Å². The van der Waals surface area contributed by atoms with Crippen molar-refractivity contribution < 1.29 is 18.9 Å². The van der Waals surface area contributed by atoms with E-state index in [4.69, 9.17) is 18.9 Å². The van der Waals surface area contributed by atoms with Crippen LogP contribution in [0.15, 0.2) is 48.8 Å². The first kappa shape index (κ1) is 19.4. The van der Waals surface area contributed by atoms with Gasteiger partial charge in [0.2, 0.25) is 12.7 Å². The van der Waals surface area contributed by atoms with Crippen LogP contribution in [-0.2, 0) is 0 Å². The molecule has 1 aliphatic heterocycles. The quantitative estimate of drug-likeness (QED) is 0.398. The van der Waals surface area contributed by atoms with Gasteiger partial charge in [0, 0.05) is 48.0 Å². The third kappa shape index (κ3) is 3.90. The molecule has 0 amide bonds. The first-order valence-corrected chi connectivity index (χ1v) is 9.62. The van der Waals surface area contributed by atoms with Crippen LogP contribution in [0.2, 0.25) is 0 Å². The summed E-state index contributed by atoms with van der Waals surface area (Å²) in [6.07, 6.45) is 3.17. The lowest BCUT2D eigenvalue weighted by Crippen LogP contribution is -2.00. The van der Waals surface area contributed by atoms with Crippen molar-refractivity contribution in [3.8, 4) is 34.5 Å². The Bertz CT molecular complexity index is 1240. The molecule has 0 fully saturated rings. The molecule has 0 saturated carbocycles. The molecule has 0 bridgehead atoms. The van der Waals surface area contributed by atoms with E-state index < -0.39 is 0 Å². The van der Waals surface area contributed by atoms with Gasteiger partial charge in [-0.15, -0.1) is 5.10 Å². The highest BCUT2D eigenvalue weighted by Crippen LogP contribution is 2.35. The lowest BCUT2D eigenvalue weighted by Gasteiger charge is -2.11. The topological polar surface area (TPSA) is 128 Å². The molecule has 0 aliphatic carbocycles. The summed E-state index contributed by atoms with van der Waals surface area (Å²) in [5.41, 5.74) is 1.99. The fourth-order valence-corrected chi connectivity index (χ4v) is 3.15. The zero-order chi connectivity index (χ0) is 21.9. The molecule has 4 aromatic rings. The van der Waals surface area contributed by atoms with Gasteiger partial charge >= 0.3 is 0 Å². The standard InChI is InChI=1S/C21H19N7O4/c1-29-14-7-13(8-15(10-14)30-2)24-19-18(22-5-6-23-19)20-26-21(28-27-20)25-12-3-4-16-17(9-12)32-11-31-16/h3-10H,11H2,1-2H3,(H,23,24)(H2,25,26,27,28). The van der Waals surface area contributed by atoms with E-state index in [-0.39, 0.29) is 6.79 Å². The van der Waals surface area contributed by atoms with E-state index in [9.17, 15) is 0 Å². The molecule has 162 valence electrons. The van der Waals surface area contributed by atoms with Gasteiger partial charge in [0.15, 0.2) is 23.1 Å². The minimum atomic E-state index is 0.213. The summed E-state index contributed by atoms with van der Waals surface area (Å²) < 4.78 is 21.4. The lowest BCUT2D eigenvalue weighted by atomic mass is 10.2. The van der Waals surface area contributed by atoms with Crippen molar-refractivity contribution in [1.82, 2.24) is 25.1 Å². The van der Waals surface area contributed by atoms with Crippen LogP contribution in [0.4, 0.5) is 23.1 Å². The number of nitrogens with one attached hydrogen (secondary N) is 3. The maximum Gasteiger partial charge on any atom is 0.246 e. The highest BCUT2D eigenvalue weighted by molar-refractivity contribution is 5.73. The molecule has 1 aliphatic rings. The maximum absolute atomic E-state index is 5.40. The van der Waals surface area contributed by atoms with Crippen LogP contribution in [-0.4, -0.2) is 46.2 Å². The van der Waals surface area contributed by atoms with Crippen LogP contribution in [0.25, 0.3) is 11.5 Å². The zero-order valence-electron chi connectivity index (χ0n) is 17.2. The second-order valence-electron chi connectivity index (χ2n) is 6.68. The predicted molar refractivity (Wildman–Crippen MR) is 116 cm³/mol. The Balaban J connectivity index is 1.39. The molecule has 3 heterocycles. The van der Waals surface area contributed by atoms with Gasteiger partial charge < -0.3 is 29.6 Å². The zero-order valence-corrected chi connectivity index (χ0v) is 17.2. The Kier molecular flexibility index (Phi) is 5.04. The Morgan fingerprint density at radius 1 is 0.875 bits per heavy atom. The number of rotatable bonds is 7. The average molecular weight is 433 g/mol. The van der Waals surface area contributed by atoms with Gasteiger partial charge in [-0.05, 0) is 12.1 Å². The summed E-state index contributed by atoms with van der Waals surface area (Å²) in [6, 6.07) is 10.9. The fraction of sp³-hybridized carbons (Fsp3) is 0.143. The number of aromatic nitrogens is 5. The number of hydrogen-bond donors (Lipinski definition) is 3. The van der Waals surface area contributed by atoms with Crippen molar-refractivity contribution >= 4 is 23.1 Å². The number of benzene rings is 2. The van der Waals surface area contributed by atoms with Crippen LogP contribution in [0.3, 0.4) is 0 Å². The first-order valence-electron chi connectivity index (χ1n) is 9.62. The van der Waals surface area contributed by atoms with Crippen LogP contribution >= 0.6 is 0 Å². The minimum Gasteiger partial charge on any atom is -0.497 e. The third-order valence-corrected chi connectivity index (χ3v) is 4.65. The number of aromatic amines is 1. The van der Waals surface area contributed by atoms with E-state index in [2.05, 4.69) is 35.8 Å². The molecule has 0 radical (unpaired) electrons. The van der Waals surface area contributed by atoms with Crippen molar-refractivity contribution in [2.45, 2.75) is 0 Å². The Hall–Kier alpha value is -4.54. The number of H-pyrrole nitrogens is 1. The second-order valence-corrected chi connectivity index (χ2v) is 6.68. The van der Waals surface area contributed by atoms with Crippen LogP contribution in [0.1, 0.15) is 0 Å². The molecule has 2 aromatic heterocycles. The van der Waals surface area contributed by atoms with E-state index in [1.807, 2.05) is 30.3 Å². The highest BCUT2D eigenvalue weighted by atomic mass is 16.7. The van der Waals surface area contributed by atoms with Crippen molar-refractivity contribution in [1.29, 1.82) is 0 Å². The number of ether oxygens (including phenoxy) is 4. The van der Waals surface area contributed by atoms with Gasteiger partial charge in [0.05, 0.1) is 14.2 Å². The molecular formula is C21H19N7O4. The Labute approximate surface area is 182 Å². The summed E-state index contributed by atoms with van der Waals surface area (Å²) in [4.78, 5) is 13.3. The number of anilines is 4. The number of fused-ring (bicyclic) bond motifs is 1. The third-order valence-electron chi connectivity index (χ3n) is 4.65. The molecule has 32 heavy (non-hydrogen) atoms. The molecule has 0 atom stereocenters. The van der Waals surface area contributed by atoms with Gasteiger partial charge in [-0.25, -0.2) is 9.97 Å². The first-order chi connectivity index (χ1) is 15.7. The molecule has 0 spiro atoms. The predicted octanol–water partition coefficient (Wildman–Crippen LogP) is 3.49. The van der Waals surface area contributed by atoms with Crippen molar-refractivity contribution in [2.75, 3.05) is 31.6 Å². The molecule has 0 saturated heterocycles. The van der Waals surface area contributed by atoms with Gasteiger partial charge in [-0.3, -0.25) is 5.10 Å².